The minimum Gasteiger partial charge on any atom is -0.480 e. The minimum atomic E-state index is -4.67. The number of rotatable bonds is 5. The molecule has 0 heterocycles. The first-order valence-electron chi connectivity index (χ1n) is 5.38. The Bertz CT molecular complexity index is 531. The van der Waals surface area contributed by atoms with Gasteiger partial charge in [0.2, 0.25) is 0 Å². The van der Waals surface area contributed by atoms with Crippen LogP contribution in [0.25, 0.3) is 0 Å². The smallest absolute Gasteiger partial charge is 0.405 e. The lowest BCUT2D eigenvalue weighted by Gasteiger charge is -2.23. The number of nitro benzene ring substituents is 1. The number of aliphatic carboxylic acids is 1. The summed E-state index contributed by atoms with van der Waals surface area (Å²) in [6.07, 6.45) is -4.67. The summed E-state index contributed by atoms with van der Waals surface area (Å²) in [6.45, 7) is -1.02. The van der Waals surface area contributed by atoms with Crippen molar-refractivity contribution < 1.29 is 28.0 Å². The molecule has 0 radical (unpaired) electrons. The maximum absolute atomic E-state index is 12.4. The van der Waals surface area contributed by atoms with E-state index in [2.05, 4.69) is 0 Å². The molecule has 0 aliphatic carbocycles. The van der Waals surface area contributed by atoms with Gasteiger partial charge in [-0.15, -0.1) is 0 Å². The summed E-state index contributed by atoms with van der Waals surface area (Å²) in [5, 5.41) is 19.5. The van der Waals surface area contributed by atoms with Gasteiger partial charge in [-0.2, -0.15) is 13.2 Å². The number of carbonyl (C=O) groups is 1. The standard InChI is InChI=1S/C11H11F3N2O4/c1-7-2-3-8(9(4-7)16(19)20)15(5-10(17)18)6-11(12,13)14/h2-4H,5-6H2,1H3,(H,17,18). The van der Waals surface area contributed by atoms with Gasteiger partial charge >= 0.3 is 12.1 Å². The fourth-order valence-corrected chi connectivity index (χ4v) is 1.65. The van der Waals surface area contributed by atoms with E-state index in [1.165, 1.54) is 6.07 Å². The Kier molecular flexibility index (Phi) is 4.53. The fraction of sp³-hybridized carbons (Fsp3) is 0.364. The van der Waals surface area contributed by atoms with E-state index in [9.17, 15) is 28.1 Å². The largest absolute Gasteiger partial charge is 0.480 e. The van der Waals surface area contributed by atoms with E-state index in [4.69, 9.17) is 5.11 Å². The number of hydrogen-bond donors (Lipinski definition) is 1. The minimum absolute atomic E-state index is 0.375. The molecule has 0 atom stereocenters. The van der Waals surface area contributed by atoms with Gasteiger partial charge in [-0.1, -0.05) is 6.07 Å². The van der Waals surface area contributed by atoms with E-state index >= 15 is 0 Å². The molecule has 0 fully saturated rings. The molecule has 110 valence electrons. The average Bonchev–Trinajstić information content (AvgIpc) is 2.25. The zero-order chi connectivity index (χ0) is 15.5. The second kappa shape index (κ2) is 5.76. The number of nitrogens with zero attached hydrogens (tertiary/aromatic N) is 2. The molecule has 6 nitrogen and oxygen atoms in total. The molecule has 1 aromatic rings. The maximum Gasteiger partial charge on any atom is 0.405 e. The lowest BCUT2D eigenvalue weighted by Crippen LogP contribution is -2.38. The number of halogens is 3. The van der Waals surface area contributed by atoms with Crippen LogP contribution in [0.5, 0.6) is 0 Å². The summed E-state index contributed by atoms with van der Waals surface area (Å²) < 4.78 is 37.3. The van der Waals surface area contributed by atoms with E-state index in [1.54, 1.807) is 6.92 Å². The Morgan fingerprint density at radius 1 is 1.45 bits per heavy atom. The van der Waals surface area contributed by atoms with Crippen LogP contribution in [-0.4, -0.2) is 35.3 Å². The Morgan fingerprint density at radius 3 is 2.50 bits per heavy atom. The molecule has 0 aliphatic heterocycles. The number of hydrogen-bond acceptors (Lipinski definition) is 4. The molecule has 0 aromatic heterocycles. The Labute approximate surface area is 111 Å². The van der Waals surface area contributed by atoms with Gasteiger partial charge in [0.15, 0.2) is 0 Å². The van der Waals surface area contributed by atoms with Crippen LogP contribution in [0.2, 0.25) is 0 Å². The predicted molar refractivity (Wildman–Crippen MR) is 63.7 cm³/mol. The second-order valence-corrected chi connectivity index (χ2v) is 4.11. The van der Waals surface area contributed by atoms with Gasteiger partial charge in [-0.3, -0.25) is 14.9 Å². The quantitative estimate of drug-likeness (QED) is 0.665. The van der Waals surface area contributed by atoms with Crippen LogP contribution in [0, 0.1) is 17.0 Å². The summed E-state index contributed by atoms with van der Waals surface area (Å²) in [7, 11) is 0. The zero-order valence-electron chi connectivity index (χ0n) is 10.3. The first-order valence-corrected chi connectivity index (χ1v) is 5.38. The maximum atomic E-state index is 12.4. The summed E-state index contributed by atoms with van der Waals surface area (Å²) in [4.78, 5) is 21.1. The van der Waals surface area contributed by atoms with Crippen LogP contribution in [0.3, 0.4) is 0 Å². The molecule has 1 aromatic carbocycles. The molecule has 0 aliphatic rings. The lowest BCUT2D eigenvalue weighted by molar-refractivity contribution is -0.384. The van der Waals surface area contributed by atoms with Crippen LogP contribution in [0.1, 0.15) is 5.56 Å². The van der Waals surface area contributed by atoms with Crippen LogP contribution in [0.4, 0.5) is 24.5 Å². The van der Waals surface area contributed by atoms with Crippen molar-refractivity contribution in [1.29, 1.82) is 0 Å². The Balaban J connectivity index is 3.25. The average molecular weight is 292 g/mol. The SMILES string of the molecule is Cc1ccc(N(CC(=O)O)CC(F)(F)F)c([N+](=O)[O-])c1. The fourth-order valence-electron chi connectivity index (χ4n) is 1.65. The predicted octanol–water partition coefficient (Wildman–Crippen LogP) is 2.36. The van der Waals surface area contributed by atoms with Crippen molar-refractivity contribution in [2.45, 2.75) is 13.1 Å². The van der Waals surface area contributed by atoms with Gasteiger partial charge in [0.25, 0.3) is 5.69 Å². The van der Waals surface area contributed by atoms with Gasteiger partial charge in [0, 0.05) is 6.07 Å². The van der Waals surface area contributed by atoms with Crippen LogP contribution in [-0.2, 0) is 4.79 Å². The highest BCUT2D eigenvalue weighted by molar-refractivity contribution is 5.76. The normalized spacial score (nSPS) is 11.2. The molecule has 0 unspecified atom stereocenters. The van der Waals surface area contributed by atoms with E-state index in [0.717, 1.165) is 12.1 Å². The van der Waals surface area contributed by atoms with Gasteiger partial charge < -0.3 is 10.0 Å². The molecule has 1 rings (SSSR count). The Morgan fingerprint density at radius 2 is 2.05 bits per heavy atom. The van der Waals surface area contributed by atoms with Crippen molar-refractivity contribution in [3.05, 3.63) is 33.9 Å². The van der Waals surface area contributed by atoms with Crippen molar-refractivity contribution in [3.63, 3.8) is 0 Å². The number of aryl methyl sites for hydroxylation is 1. The molecule has 0 saturated carbocycles. The van der Waals surface area contributed by atoms with Crippen LogP contribution >= 0.6 is 0 Å². The van der Waals surface area contributed by atoms with E-state index in [1.807, 2.05) is 0 Å². The summed E-state index contributed by atoms with van der Waals surface area (Å²) in [5.74, 6) is -1.51. The molecular formula is C11H11F3N2O4. The first-order chi connectivity index (χ1) is 9.10. The number of benzene rings is 1. The zero-order valence-corrected chi connectivity index (χ0v) is 10.3. The number of carboxylic acid groups (broad SMARTS) is 1. The van der Waals surface area contributed by atoms with Gasteiger partial charge in [-0.05, 0) is 18.6 Å². The van der Waals surface area contributed by atoms with Gasteiger partial charge in [0.1, 0.15) is 18.8 Å². The van der Waals surface area contributed by atoms with Crippen molar-refractivity contribution in [3.8, 4) is 0 Å². The Hall–Kier alpha value is -2.32. The molecule has 1 N–H and O–H groups in total. The van der Waals surface area contributed by atoms with Gasteiger partial charge in [0.05, 0.1) is 4.92 Å². The van der Waals surface area contributed by atoms with Crippen LogP contribution < -0.4 is 4.90 Å². The van der Waals surface area contributed by atoms with E-state index < -0.39 is 35.8 Å². The molecule has 0 bridgehead atoms. The van der Waals surface area contributed by atoms with E-state index in [-0.39, 0.29) is 5.69 Å². The number of carboxylic acids is 1. The third-order valence-electron chi connectivity index (χ3n) is 2.36. The highest BCUT2D eigenvalue weighted by Gasteiger charge is 2.34. The van der Waals surface area contributed by atoms with Crippen molar-refractivity contribution in [1.82, 2.24) is 0 Å². The molecule has 0 saturated heterocycles. The van der Waals surface area contributed by atoms with Crippen molar-refractivity contribution >= 4 is 17.3 Å². The third kappa shape index (κ3) is 4.41. The summed E-state index contributed by atoms with van der Waals surface area (Å²) in [6, 6.07) is 3.59. The number of anilines is 1. The molecule has 0 amide bonds. The molecule has 0 spiro atoms. The lowest BCUT2D eigenvalue weighted by atomic mass is 10.1. The number of nitro groups is 1. The number of alkyl halides is 3. The third-order valence-corrected chi connectivity index (χ3v) is 2.36. The highest BCUT2D eigenvalue weighted by Crippen LogP contribution is 2.31. The molecule has 9 heteroatoms. The van der Waals surface area contributed by atoms with Crippen molar-refractivity contribution in [2.24, 2.45) is 0 Å². The second-order valence-electron chi connectivity index (χ2n) is 4.11. The van der Waals surface area contributed by atoms with Crippen LogP contribution in [0.15, 0.2) is 18.2 Å². The van der Waals surface area contributed by atoms with Gasteiger partial charge in [-0.25, -0.2) is 0 Å². The summed E-state index contributed by atoms with van der Waals surface area (Å²) in [5.41, 5.74) is -0.446. The van der Waals surface area contributed by atoms with Crippen molar-refractivity contribution in [2.75, 3.05) is 18.0 Å². The molecular weight excluding hydrogens is 281 g/mol. The molecule has 20 heavy (non-hydrogen) atoms. The van der Waals surface area contributed by atoms with E-state index in [0.29, 0.717) is 10.5 Å². The first kappa shape index (κ1) is 15.7. The monoisotopic (exact) mass is 292 g/mol. The highest BCUT2D eigenvalue weighted by atomic mass is 19.4. The summed E-state index contributed by atoms with van der Waals surface area (Å²) >= 11 is 0. The topological polar surface area (TPSA) is 83.7 Å².